The molecule has 2 N–H and O–H groups in total. The van der Waals surface area contributed by atoms with E-state index in [-0.39, 0.29) is 23.3 Å². The van der Waals surface area contributed by atoms with Crippen LogP contribution in [-0.4, -0.2) is 24.5 Å². The summed E-state index contributed by atoms with van der Waals surface area (Å²) < 4.78 is 17.2. The quantitative estimate of drug-likeness (QED) is 0.548. The summed E-state index contributed by atoms with van der Waals surface area (Å²) in [5, 5.41) is 0. The summed E-state index contributed by atoms with van der Waals surface area (Å²) in [4.78, 5) is 25.8. The molecule has 1 aliphatic carbocycles. The zero-order valence-corrected chi connectivity index (χ0v) is 17.3. The van der Waals surface area contributed by atoms with Crippen molar-refractivity contribution in [3.8, 4) is 5.75 Å². The molecule has 6 heteroatoms. The first-order valence-corrected chi connectivity index (χ1v) is 10.3. The Balaban J connectivity index is 2.11. The molecule has 0 aromatic heterocycles. The fourth-order valence-electron chi connectivity index (χ4n) is 3.72. The van der Waals surface area contributed by atoms with Gasteiger partial charge in [-0.1, -0.05) is 31.5 Å². The van der Waals surface area contributed by atoms with Crippen molar-refractivity contribution in [2.24, 2.45) is 5.73 Å². The van der Waals surface area contributed by atoms with Crippen LogP contribution < -0.4 is 10.5 Å². The number of unbranched alkanes of at least 4 members (excludes halogenated alkanes) is 1. The molecule has 0 spiro atoms. The van der Waals surface area contributed by atoms with Crippen LogP contribution in [0.1, 0.15) is 64.4 Å². The van der Waals surface area contributed by atoms with Gasteiger partial charge in [0.05, 0.1) is 18.6 Å². The molecule has 0 amide bonds. The van der Waals surface area contributed by atoms with Gasteiger partial charge in [-0.25, -0.2) is 4.79 Å². The maximum absolute atomic E-state index is 12.9. The average molecular weight is 399 g/mol. The van der Waals surface area contributed by atoms with Gasteiger partial charge < -0.3 is 19.9 Å². The Hall–Kier alpha value is -2.76. The third-order valence-corrected chi connectivity index (χ3v) is 5.03. The molecule has 3 rings (SSSR count). The molecule has 0 bridgehead atoms. The van der Waals surface area contributed by atoms with E-state index in [0.717, 1.165) is 18.4 Å². The molecule has 29 heavy (non-hydrogen) atoms. The standard InChI is InChI=1S/C23H29NO5/c1-4-5-13-27-17-11-7-6-9-15(17)19-20-16(25)10-8-12-18(20)29-22(24)21(19)23(26)28-14(2)3/h6-7,9,11,14,19H,4-5,8,10,12-13,24H2,1-3H3. The predicted molar refractivity (Wildman–Crippen MR) is 109 cm³/mol. The Morgan fingerprint density at radius 1 is 1.28 bits per heavy atom. The van der Waals surface area contributed by atoms with E-state index in [1.54, 1.807) is 13.8 Å². The molecule has 1 atom stereocenters. The highest BCUT2D eigenvalue weighted by atomic mass is 16.5. The fourth-order valence-corrected chi connectivity index (χ4v) is 3.72. The lowest BCUT2D eigenvalue weighted by Crippen LogP contribution is -2.32. The van der Waals surface area contributed by atoms with Crippen LogP contribution in [0.2, 0.25) is 0 Å². The third-order valence-electron chi connectivity index (χ3n) is 5.03. The van der Waals surface area contributed by atoms with Crippen LogP contribution in [0, 0.1) is 0 Å². The molecule has 1 aromatic carbocycles. The van der Waals surface area contributed by atoms with Gasteiger partial charge in [-0.2, -0.15) is 0 Å². The molecule has 6 nitrogen and oxygen atoms in total. The maximum Gasteiger partial charge on any atom is 0.340 e. The lowest BCUT2D eigenvalue weighted by Gasteiger charge is -2.33. The van der Waals surface area contributed by atoms with E-state index in [1.807, 2.05) is 24.3 Å². The number of nitrogens with two attached hydrogens (primary N) is 1. The first kappa shape index (κ1) is 21.0. The number of rotatable bonds is 7. The first-order valence-electron chi connectivity index (χ1n) is 10.3. The molecule has 0 radical (unpaired) electrons. The van der Waals surface area contributed by atoms with Crippen molar-refractivity contribution in [1.82, 2.24) is 0 Å². The molecular weight excluding hydrogens is 370 g/mol. The Morgan fingerprint density at radius 3 is 2.76 bits per heavy atom. The molecule has 1 aromatic rings. The molecular formula is C23H29NO5. The monoisotopic (exact) mass is 399 g/mol. The summed E-state index contributed by atoms with van der Waals surface area (Å²) in [6, 6.07) is 7.48. The number of benzene rings is 1. The molecule has 0 fully saturated rings. The third kappa shape index (κ3) is 4.47. The Labute approximate surface area is 171 Å². The predicted octanol–water partition coefficient (Wildman–Crippen LogP) is 4.11. The number of esters is 1. The van der Waals surface area contributed by atoms with Gasteiger partial charge >= 0.3 is 5.97 Å². The number of hydrogen-bond acceptors (Lipinski definition) is 6. The number of carbonyl (C=O) groups excluding carboxylic acids is 2. The van der Waals surface area contributed by atoms with Crippen LogP contribution in [0.15, 0.2) is 47.1 Å². The zero-order valence-electron chi connectivity index (χ0n) is 17.3. The number of para-hydroxylation sites is 1. The second-order valence-electron chi connectivity index (χ2n) is 7.62. The maximum atomic E-state index is 12.9. The summed E-state index contributed by atoms with van der Waals surface area (Å²) in [7, 11) is 0. The topological polar surface area (TPSA) is 87.8 Å². The van der Waals surface area contributed by atoms with Gasteiger partial charge in [0.2, 0.25) is 5.88 Å². The molecule has 2 aliphatic rings. The second-order valence-corrected chi connectivity index (χ2v) is 7.62. The second kappa shape index (κ2) is 9.16. The lowest BCUT2D eigenvalue weighted by molar-refractivity contribution is -0.143. The van der Waals surface area contributed by atoms with E-state index in [9.17, 15) is 9.59 Å². The van der Waals surface area contributed by atoms with Crippen LogP contribution in [0.25, 0.3) is 0 Å². The molecule has 1 aliphatic heterocycles. The van der Waals surface area contributed by atoms with Crippen molar-refractivity contribution in [2.75, 3.05) is 6.61 Å². The van der Waals surface area contributed by atoms with Crippen molar-refractivity contribution >= 4 is 11.8 Å². The summed E-state index contributed by atoms with van der Waals surface area (Å²) in [6.07, 6.45) is 3.34. The lowest BCUT2D eigenvalue weighted by atomic mass is 9.77. The Kier molecular flexibility index (Phi) is 6.62. The van der Waals surface area contributed by atoms with Crippen LogP contribution in [0.3, 0.4) is 0 Å². The van der Waals surface area contributed by atoms with E-state index in [4.69, 9.17) is 19.9 Å². The molecule has 0 saturated carbocycles. The van der Waals surface area contributed by atoms with E-state index in [0.29, 0.717) is 43.0 Å². The van der Waals surface area contributed by atoms with Gasteiger partial charge in [0.25, 0.3) is 0 Å². The minimum absolute atomic E-state index is 0.00235. The van der Waals surface area contributed by atoms with E-state index in [1.165, 1.54) is 0 Å². The van der Waals surface area contributed by atoms with Crippen LogP contribution in [-0.2, 0) is 19.1 Å². The summed E-state index contributed by atoms with van der Waals surface area (Å²) >= 11 is 0. The van der Waals surface area contributed by atoms with Gasteiger partial charge in [-0.3, -0.25) is 4.79 Å². The summed E-state index contributed by atoms with van der Waals surface area (Å²) in [5.74, 6) is -0.0697. The highest BCUT2D eigenvalue weighted by molar-refractivity contribution is 6.03. The van der Waals surface area contributed by atoms with Crippen LogP contribution in [0.4, 0.5) is 0 Å². The molecule has 1 unspecified atom stereocenters. The van der Waals surface area contributed by atoms with Crippen molar-refractivity contribution in [3.63, 3.8) is 0 Å². The van der Waals surface area contributed by atoms with E-state index >= 15 is 0 Å². The number of ether oxygens (including phenoxy) is 3. The van der Waals surface area contributed by atoms with Gasteiger partial charge in [0, 0.05) is 24.0 Å². The number of carbonyl (C=O) groups is 2. The Morgan fingerprint density at radius 2 is 2.03 bits per heavy atom. The van der Waals surface area contributed by atoms with Crippen LogP contribution in [0.5, 0.6) is 5.75 Å². The van der Waals surface area contributed by atoms with Crippen molar-refractivity contribution in [1.29, 1.82) is 0 Å². The largest absolute Gasteiger partial charge is 0.493 e. The van der Waals surface area contributed by atoms with E-state index in [2.05, 4.69) is 6.92 Å². The van der Waals surface area contributed by atoms with Crippen molar-refractivity contribution < 1.29 is 23.8 Å². The Bertz CT molecular complexity index is 853. The molecule has 0 saturated heterocycles. The van der Waals surface area contributed by atoms with Gasteiger partial charge in [0.1, 0.15) is 17.1 Å². The van der Waals surface area contributed by atoms with Crippen LogP contribution >= 0.6 is 0 Å². The molecule has 156 valence electrons. The number of ketones is 1. The molecule has 1 heterocycles. The average Bonchev–Trinajstić information content (AvgIpc) is 2.67. The van der Waals surface area contributed by atoms with Gasteiger partial charge in [0.15, 0.2) is 5.78 Å². The zero-order chi connectivity index (χ0) is 21.0. The number of hydrogen-bond donors (Lipinski definition) is 1. The fraction of sp³-hybridized carbons (Fsp3) is 0.478. The normalized spacial score (nSPS) is 19.2. The van der Waals surface area contributed by atoms with Gasteiger partial charge in [-0.15, -0.1) is 0 Å². The summed E-state index contributed by atoms with van der Waals surface area (Å²) in [6.45, 7) is 6.19. The minimum Gasteiger partial charge on any atom is -0.493 e. The van der Waals surface area contributed by atoms with Gasteiger partial charge in [-0.05, 0) is 32.8 Å². The number of allylic oxidation sites excluding steroid dienone is 2. The highest BCUT2D eigenvalue weighted by Crippen LogP contribution is 2.46. The van der Waals surface area contributed by atoms with Crippen molar-refractivity contribution in [3.05, 3.63) is 52.6 Å². The van der Waals surface area contributed by atoms with E-state index < -0.39 is 11.9 Å². The highest BCUT2D eigenvalue weighted by Gasteiger charge is 2.42. The number of Topliss-reactive ketones (excluding diaryl/α,β-unsaturated/α-hetero) is 1. The summed E-state index contributed by atoms with van der Waals surface area (Å²) in [5.41, 5.74) is 7.57. The minimum atomic E-state index is -0.657. The first-order chi connectivity index (χ1) is 13.9. The SMILES string of the molecule is CCCCOc1ccccc1C1C(C(=O)OC(C)C)=C(N)OC2=C1C(=O)CCC2. The smallest absolute Gasteiger partial charge is 0.340 e. The van der Waals surface area contributed by atoms with Crippen molar-refractivity contribution in [2.45, 2.75) is 64.9 Å².